The van der Waals surface area contributed by atoms with Gasteiger partial charge in [-0.3, -0.25) is 4.90 Å². The molecule has 0 radical (unpaired) electrons. The van der Waals surface area contributed by atoms with Gasteiger partial charge in [-0.25, -0.2) is 0 Å². The molecule has 0 bridgehead atoms. The van der Waals surface area contributed by atoms with Crippen LogP contribution < -0.4 is 0 Å². The lowest BCUT2D eigenvalue weighted by molar-refractivity contribution is 0.390. The maximum Gasteiger partial charge on any atom is 0.0470 e. The van der Waals surface area contributed by atoms with Crippen LogP contribution in [-0.4, -0.2) is 29.9 Å². The highest BCUT2D eigenvalue weighted by Gasteiger charge is 2.10. The number of allylic oxidation sites excluding steroid dienone is 6. The van der Waals surface area contributed by atoms with Crippen molar-refractivity contribution in [3.63, 3.8) is 0 Å². The van der Waals surface area contributed by atoms with Crippen molar-refractivity contribution in [1.82, 2.24) is 9.80 Å². The first-order valence-corrected chi connectivity index (χ1v) is 8.48. The third kappa shape index (κ3) is 3.95. The predicted molar refractivity (Wildman–Crippen MR) is 103 cm³/mol. The Labute approximate surface area is 145 Å². The lowest BCUT2D eigenvalue weighted by Gasteiger charge is -2.22. The molecule has 0 saturated carbocycles. The molecule has 0 unspecified atom stereocenters. The Morgan fingerprint density at radius 3 is 1.92 bits per heavy atom. The van der Waals surface area contributed by atoms with Crippen molar-refractivity contribution in [2.24, 2.45) is 0 Å². The molecule has 1 aliphatic heterocycles. The average molecular weight is 318 g/mol. The first-order valence-electron chi connectivity index (χ1n) is 8.48. The highest BCUT2D eigenvalue weighted by atomic mass is 15.1. The fraction of sp³-hybridized carbons (Fsp3) is 0.273. The lowest BCUT2D eigenvalue weighted by Crippen LogP contribution is -2.24. The van der Waals surface area contributed by atoms with Gasteiger partial charge in [0.2, 0.25) is 0 Å². The molecule has 2 heteroatoms. The summed E-state index contributed by atoms with van der Waals surface area (Å²) in [6.45, 7) is 5.22. The zero-order valence-electron chi connectivity index (χ0n) is 15.0. The summed E-state index contributed by atoms with van der Waals surface area (Å²) in [6.07, 6.45) is 17.6. The summed E-state index contributed by atoms with van der Waals surface area (Å²) >= 11 is 0. The van der Waals surface area contributed by atoms with E-state index in [2.05, 4.69) is 105 Å². The van der Waals surface area contributed by atoms with Crippen LogP contribution in [0.3, 0.4) is 0 Å². The van der Waals surface area contributed by atoms with Crippen molar-refractivity contribution in [3.8, 4) is 0 Å². The highest BCUT2D eigenvalue weighted by Crippen LogP contribution is 2.21. The third-order valence-corrected chi connectivity index (χ3v) is 4.41. The minimum atomic E-state index is 0.395. The summed E-state index contributed by atoms with van der Waals surface area (Å²) in [5.74, 6) is 0. The van der Waals surface area contributed by atoms with Gasteiger partial charge >= 0.3 is 0 Å². The molecule has 3 rings (SSSR count). The number of benzene rings is 1. The zero-order valence-corrected chi connectivity index (χ0v) is 15.0. The smallest absolute Gasteiger partial charge is 0.0470 e. The van der Waals surface area contributed by atoms with Crippen LogP contribution in [0.25, 0.3) is 0 Å². The topological polar surface area (TPSA) is 6.48 Å². The molecule has 1 aliphatic carbocycles. The Balaban J connectivity index is 1.69. The van der Waals surface area contributed by atoms with Crippen LogP contribution in [0, 0.1) is 13.8 Å². The molecule has 124 valence electrons. The monoisotopic (exact) mass is 318 g/mol. The Kier molecular flexibility index (Phi) is 4.86. The van der Waals surface area contributed by atoms with Gasteiger partial charge in [-0.15, -0.1) is 0 Å². The summed E-state index contributed by atoms with van der Waals surface area (Å²) in [5, 5.41) is 0. The van der Waals surface area contributed by atoms with Crippen LogP contribution in [0.1, 0.15) is 16.7 Å². The number of aryl methyl sites for hydroxylation is 2. The van der Waals surface area contributed by atoms with Crippen LogP contribution in [0.5, 0.6) is 0 Å². The first-order chi connectivity index (χ1) is 11.5. The van der Waals surface area contributed by atoms with Gasteiger partial charge in [0.15, 0.2) is 0 Å². The SMILES string of the molecule is Cc1cc(C)cc(CN2C=CC(=C3C=CC(N(C)C)C=C3)C=C2)c1. The van der Waals surface area contributed by atoms with Crippen LogP contribution >= 0.6 is 0 Å². The summed E-state index contributed by atoms with van der Waals surface area (Å²) in [6, 6.07) is 7.14. The molecule has 1 aromatic rings. The van der Waals surface area contributed by atoms with E-state index in [9.17, 15) is 0 Å². The number of likely N-dealkylation sites (N-methyl/N-ethyl adjacent to an activating group) is 1. The van der Waals surface area contributed by atoms with E-state index in [4.69, 9.17) is 0 Å². The van der Waals surface area contributed by atoms with Crippen molar-refractivity contribution < 1.29 is 0 Å². The van der Waals surface area contributed by atoms with Gasteiger partial charge in [0, 0.05) is 25.0 Å². The van der Waals surface area contributed by atoms with Gasteiger partial charge < -0.3 is 4.90 Å². The van der Waals surface area contributed by atoms with Crippen molar-refractivity contribution in [2.75, 3.05) is 14.1 Å². The normalized spacial score (nSPS) is 19.7. The number of rotatable bonds is 3. The van der Waals surface area contributed by atoms with Gasteiger partial charge in [-0.1, -0.05) is 53.6 Å². The Morgan fingerprint density at radius 1 is 0.833 bits per heavy atom. The van der Waals surface area contributed by atoms with Gasteiger partial charge in [0.1, 0.15) is 0 Å². The molecule has 0 fully saturated rings. The van der Waals surface area contributed by atoms with E-state index >= 15 is 0 Å². The molecular weight excluding hydrogens is 292 g/mol. The average Bonchev–Trinajstić information content (AvgIpc) is 2.55. The Hall–Kier alpha value is -2.32. The predicted octanol–water partition coefficient (Wildman–Crippen LogP) is 4.50. The fourth-order valence-corrected chi connectivity index (χ4v) is 3.19. The number of hydrogen-bond donors (Lipinski definition) is 0. The standard InChI is InChI=1S/C22H26N2/c1-17-13-18(2)15-19(14-17)16-24-11-9-21(10-12-24)20-5-7-22(8-6-20)23(3)4/h5-15,22H,16H2,1-4H3. The van der Waals surface area contributed by atoms with Crippen molar-refractivity contribution >= 4 is 0 Å². The van der Waals surface area contributed by atoms with E-state index in [-0.39, 0.29) is 0 Å². The van der Waals surface area contributed by atoms with Gasteiger partial charge in [0.05, 0.1) is 0 Å². The van der Waals surface area contributed by atoms with Crippen LogP contribution in [0.4, 0.5) is 0 Å². The third-order valence-electron chi connectivity index (χ3n) is 4.41. The van der Waals surface area contributed by atoms with Crippen LogP contribution in [0.15, 0.2) is 78.2 Å². The van der Waals surface area contributed by atoms with Crippen LogP contribution in [0.2, 0.25) is 0 Å². The second kappa shape index (κ2) is 7.06. The summed E-state index contributed by atoms with van der Waals surface area (Å²) < 4.78 is 0. The number of hydrogen-bond acceptors (Lipinski definition) is 2. The fourth-order valence-electron chi connectivity index (χ4n) is 3.19. The second-order valence-corrected chi connectivity index (χ2v) is 6.88. The van der Waals surface area contributed by atoms with Crippen LogP contribution in [-0.2, 0) is 6.54 Å². The van der Waals surface area contributed by atoms with E-state index in [0.717, 1.165) is 6.54 Å². The Bertz CT molecular complexity index is 708. The van der Waals surface area contributed by atoms with E-state index < -0.39 is 0 Å². The minimum absolute atomic E-state index is 0.395. The molecule has 2 nitrogen and oxygen atoms in total. The number of nitrogens with zero attached hydrogens (tertiary/aromatic N) is 2. The summed E-state index contributed by atoms with van der Waals surface area (Å²) in [7, 11) is 4.20. The van der Waals surface area contributed by atoms with Crippen molar-refractivity contribution in [3.05, 3.63) is 94.9 Å². The lowest BCUT2D eigenvalue weighted by atomic mass is 9.99. The van der Waals surface area contributed by atoms with E-state index in [1.165, 1.54) is 27.8 Å². The summed E-state index contributed by atoms with van der Waals surface area (Å²) in [5.41, 5.74) is 6.53. The molecule has 0 N–H and O–H groups in total. The zero-order chi connectivity index (χ0) is 17.1. The molecule has 0 saturated heterocycles. The van der Waals surface area contributed by atoms with E-state index in [1.54, 1.807) is 0 Å². The van der Waals surface area contributed by atoms with Crippen molar-refractivity contribution in [2.45, 2.75) is 26.4 Å². The molecule has 0 amide bonds. The molecule has 24 heavy (non-hydrogen) atoms. The molecule has 0 aromatic heterocycles. The maximum atomic E-state index is 2.26. The van der Waals surface area contributed by atoms with Gasteiger partial charge in [-0.05, 0) is 56.8 Å². The molecule has 0 spiro atoms. The van der Waals surface area contributed by atoms with Gasteiger partial charge in [0.25, 0.3) is 0 Å². The first kappa shape index (κ1) is 16.5. The quantitative estimate of drug-likeness (QED) is 0.809. The van der Waals surface area contributed by atoms with E-state index in [1.807, 2.05) is 0 Å². The van der Waals surface area contributed by atoms with Crippen molar-refractivity contribution in [1.29, 1.82) is 0 Å². The second-order valence-electron chi connectivity index (χ2n) is 6.88. The molecule has 1 heterocycles. The maximum absolute atomic E-state index is 2.26. The summed E-state index contributed by atoms with van der Waals surface area (Å²) in [4.78, 5) is 4.43. The largest absolute Gasteiger partial charge is 0.350 e. The highest BCUT2D eigenvalue weighted by molar-refractivity contribution is 5.50. The molecular formula is C22H26N2. The van der Waals surface area contributed by atoms with E-state index in [0.29, 0.717) is 6.04 Å². The Morgan fingerprint density at radius 2 is 1.38 bits per heavy atom. The molecule has 2 aliphatic rings. The van der Waals surface area contributed by atoms with Gasteiger partial charge in [-0.2, -0.15) is 0 Å². The molecule has 0 atom stereocenters. The molecule has 1 aromatic carbocycles. The minimum Gasteiger partial charge on any atom is -0.350 e.